The summed E-state index contributed by atoms with van der Waals surface area (Å²) in [6, 6.07) is 0.467. The second kappa shape index (κ2) is 5.62. The van der Waals surface area contributed by atoms with Crippen LogP contribution in [0.15, 0.2) is 0 Å². The molecule has 6 nitrogen and oxygen atoms in total. The largest absolute Gasteiger partial charge is 0.374 e. The van der Waals surface area contributed by atoms with Crippen LogP contribution in [-0.4, -0.2) is 58.1 Å². The summed E-state index contributed by atoms with van der Waals surface area (Å²) < 4.78 is 0. The second-order valence-electron chi connectivity index (χ2n) is 4.36. The van der Waals surface area contributed by atoms with Gasteiger partial charge in [0, 0.05) is 19.1 Å². The summed E-state index contributed by atoms with van der Waals surface area (Å²) in [6.07, 6.45) is 1.03. The molecule has 7 heteroatoms. The number of nitrogens with zero attached hydrogens (tertiary/aromatic N) is 4. The highest BCUT2D eigenvalue weighted by Crippen LogP contribution is 2.20. The van der Waals surface area contributed by atoms with Gasteiger partial charge in [-0.1, -0.05) is 25.2 Å². The number of rotatable bonds is 4. The van der Waals surface area contributed by atoms with Crippen LogP contribution in [0.5, 0.6) is 0 Å². The summed E-state index contributed by atoms with van der Waals surface area (Å²) in [5, 5.41) is 8.23. The average molecular weight is 269 g/mol. The first-order chi connectivity index (χ1) is 8.65. The number of nitrogens with two attached hydrogens (primary N) is 1. The van der Waals surface area contributed by atoms with Gasteiger partial charge in [0.25, 0.3) is 5.91 Å². The van der Waals surface area contributed by atoms with E-state index < -0.39 is 0 Å². The molecule has 1 aliphatic heterocycles. The number of aromatic nitrogens is 2. The maximum absolute atomic E-state index is 12.2. The van der Waals surface area contributed by atoms with Gasteiger partial charge in [-0.15, -0.1) is 10.2 Å². The molecule has 1 amide bonds. The fraction of sp³-hybridized carbons (Fsp3) is 0.727. The Morgan fingerprint density at radius 1 is 1.50 bits per heavy atom. The van der Waals surface area contributed by atoms with Gasteiger partial charge in [0.15, 0.2) is 0 Å². The van der Waals surface area contributed by atoms with Crippen molar-refractivity contribution in [1.29, 1.82) is 0 Å². The number of likely N-dealkylation sites (tertiary alicyclic amines) is 1. The Morgan fingerprint density at radius 2 is 2.22 bits per heavy atom. The van der Waals surface area contributed by atoms with Crippen molar-refractivity contribution in [2.24, 2.45) is 0 Å². The van der Waals surface area contributed by atoms with Gasteiger partial charge in [-0.25, -0.2) is 0 Å². The molecule has 0 aliphatic carbocycles. The van der Waals surface area contributed by atoms with Gasteiger partial charge in [-0.05, 0) is 19.5 Å². The zero-order chi connectivity index (χ0) is 13.1. The first-order valence-electron chi connectivity index (χ1n) is 6.28. The molecule has 1 unspecified atom stereocenters. The van der Waals surface area contributed by atoms with Gasteiger partial charge in [0.1, 0.15) is 0 Å². The van der Waals surface area contributed by atoms with Gasteiger partial charge in [0.2, 0.25) is 10.1 Å². The molecule has 0 aromatic carbocycles. The van der Waals surface area contributed by atoms with E-state index in [-0.39, 0.29) is 5.91 Å². The molecule has 0 bridgehead atoms. The van der Waals surface area contributed by atoms with Crippen LogP contribution in [0.4, 0.5) is 5.13 Å². The van der Waals surface area contributed by atoms with Gasteiger partial charge in [-0.2, -0.15) is 0 Å². The summed E-state index contributed by atoms with van der Waals surface area (Å²) in [6.45, 7) is 7.92. The number of anilines is 1. The zero-order valence-electron chi connectivity index (χ0n) is 10.8. The van der Waals surface area contributed by atoms with E-state index in [0.29, 0.717) is 16.2 Å². The molecule has 0 spiro atoms. The number of likely N-dealkylation sites (N-methyl/N-ethyl adjacent to an activating group) is 1. The Hall–Kier alpha value is -1.21. The van der Waals surface area contributed by atoms with Crippen molar-refractivity contribution in [2.45, 2.75) is 26.3 Å². The van der Waals surface area contributed by atoms with Crippen molar-refractivity contribution in [2.75, 3.05) is 31.9 Å². The third-order valence-corrected chi connectivity index (χ3v) is 4.14. The van der Waals surface area contributed by atoms with Gasteiger partial charge in [0.05, 0.1) is 0 Å². The van der Waals surface area contributed by atoms with Crippen molar-refractivity contribution < 1.29 is 4.79 Å². The maximum Gasteiger partial charge on any atom is 0.284 e. The van der Waals surface area contributed by atoms with E-state index in [2.05, 4.69) is 28.9 Å². The predicted octanol–water partition coefficient (Wildman–Crippen LogP) is 0.677. The Kier molecular flexibility index (Phi) is 4.13. The average Bonchev–Trinajstić information content (AvgIpc) is 2.99. The number of hydrogen-bond donors (Lipinski definition) is 1. The van der Waals surface area contributed by atoms with Crippen LogP contribution in [-0.2, 0) is 0 Å². The quantitative estimate of drug-likeness (QED) is 0.870. The number of carbonyl (C=O) groups excluding carboxylic acids is 1. The van der Waals surface area contributed by atoms with Crippen molar-refractivity contribution in [1.82, 2.24) is 20.0 Å². The Morgan fingerprint density at radius 3 is 2.78 bits per heavy atom. The Labute approximate surface area is 111 Å². The Bertz CT molecular complexity index is 417. The van der Waals surface area contributed by atoms with E-state index in [0.717, 1.165) is 43.9 Å². The third-order valence-electron chi connectivity index (χ3n) is 3.40. The topological polar surface area (TPSA) is 75.3 Å². The smallest absolute Gasteiger partial charge is 0.284 e. The molecule has 2 N–H and O–H groups in total. The van der Waals surface area contributed by atoms with E-state index in [1.54, 1.807) is 0 Å². The molecule has 0 radical (unpaired) electrons. The normalized spacial score (nSPS) is 19.7. The third kappa shape index (κ3) is 2.62. The van der Waals surface area contributed by atoms with Crippen molar-refractivity contribution in [3.8, 4) is 0 Å². The fourth-order valence-corrected chi connectivity index (χ4v) is 3.00. The molecule has 1 aromatic heterocycles. The fourth-order valence-electron chi connectivity index (χ4n) is 2.42. The summed E-state index contributed by atoms with van der Waals surface area (Å²) in [4.78, 5) is 16.4. The molecular weight excluding hydrogens is 250 g/mol. The van der Waals surface area contributed by atoms with Crippen LogP contribution in [0.3, 0.4) is 0 Å². The van der Waals surface area contributed by atoms with Crippen LogP contribution in [0, 0.1) is 0 Å². The number of carbonyl (C=O) groups is 1. The number of amides is 1. The highest BCUT2D eigenvalue weighted by atomic mass is 32.1. The minimum Gasteiger partial charge on any atom is -0.374 e. The van der Waals surface area contributed by atoms with Crippen LogP contribution in [0.2, 0.25) is 0 Å². The number of hydrogen-bond acceptors (Lipinski definition) is 6. The Balaban J connectivity index is 1.98. The van der Waals surface area contributed by atoms with Gasteiger partial charge >= 0.3 is 0 Å². The molecule has 18 heavy (non-hydrogen) atoms. The minimum absolute atomic E-state index is 0.0427. The highest BCUT2D eigenvalue weighted by Gasteiger charge is 2.31. The maximum atomic E-state index is 12.2. The van der Waals surface area contributed by atoms with Crippen molar-refractivity contribution in [3.63, 3.8) is 0 Å². The second-order valence-corrected chi connectivity index (χ2v) is 5.37. The van der Waals surface area contributed by atoms with E-state index in [4.69, 9.17) is 5.73 Å². The van der Waals surface area contributed by atoms with Gasteiger partial charge < -0.3 is 10.6 Å². The van der Waals surface area contributed by atoms with Crippen LogP contribution < -0.4 is 5.73 Å². The summed E-state index contributed by atoms with van der Waals surface area (Å²) in [5.74, 6) is -0.0427. The van der Waals surface area contributed by atoms with E-state index in [9.17, 15) is 4.79 Å². The lowest BCUT2D eigenvalue weighted by atomic mass is 10.2. The monoisotopic (exact) mass is 269 g/mol. The van der Waals surface area contributed by atoms with Crippen molar-refractivity contribution in [3.05, 3.63) is 5.01 Å². The van der Waals surface area contributed by atoms with Crippen LogP contribution in [0.25, 0.3) is 0 Å². The summed E-state index contributed by atoms with van der Waals surface area (Å²) >= 11 is 1.15. The molecule has 0 saturated carbocycles. The van der Waals surface area contributed by atoms with E-state index in [1.807, 2.05) is 4.90 Å². The summed E-state index contributed by atoms with van der Waals surface area (Å²) in [5.41, 5.74) is 5.50. The first-order valence-corrected chi connectivity index (χ1v) is 7.09. The molecule has 100 valence electrons. The molecule has 1 fully saturated rings. The molecule has 1 saturated heterocycles. The van der Waals surface area contributed by atoms with Crippen molar-refractivity contribution >= 4 is 22.4 Å². The molecule has 1 atom stereocenters. The lowest BCUT2D eigenvalue weighted by Gasteiger charge is -2.25. The van der Waals surface area contributed by atoms with Crippen LogP contribution >= 0.6 is 11.3 Å². The first kappa shape index (κ1) is 13.2. The summed E-state index contributed by atoms with van der Waals surface area (Å²) in [7, 11) is 0. The lowest BCUT2D eigenvalue weighted by molar-refractivity contribution is 0.0776. The molecule has 1 aromatic rings. The van der Waals surface area contributed by atoms with Gasteiger partial charge in [-0.3, -0.25) is 9.69 Å². The van der Waals surface area contributed by atoms with E-state index in [1.165, 1.54) is 0 Å². The molecule has 2 heterocycles. The SMILES string of the molecule is CCN(CC)C1CCN(C(=O)c2nnc(N)s2)C1. The molecular formula is C11H19N5OS. The molecule has 1 aliphatic rings. The standard InChI is InChI=1S/C11H19N5OS/c1-3-15(4-2)8-5-6-16(7-8)10(17)9-13-14-11(12)18-9/h8H,3-7H2,1-2H3,(H2,12,14). The highest BCUT2D eigenvalue weighted by molar-refractivity contribution is 7.16. The number of nitrogen functional groups attached to an aromatic ring is 1. The lowest BCUT2D eigenvalue weighted by Crippen LogP contribution is -2.38. The predicted molar refractivity (Wildman–Crippen MR) is 71.6 cm³/mol. The minimum atomic E-state index is -0.0427. The van der Waals surface area contributed by atoms with Crippen LogP contribution in [0.1, 0.15) is 30.1 Å². The zero-order valence-corrected chi connectivity index (χ0v) is 11.6. The van der Waals surface area contributed by atoms with E-state index >= 15 is 0 Å². The molecule has 2 rings (SSSR count).